The molecule has 1 aromatic carbocycles. The van der Waals surface area contributed by atoms with Crippen molar-refractivity contribution in [1.29, 1.82) is 0 Å². The maximum Gasteiger partial charge on any atom is 0.252 e. The van der Waals surface area contributed by atoms with E-state index in [1.165, 1.54) is 0 Å². The minimum Gasteiger partial charge on any atom is -0.273 e. The van der Waals surface area contributed by atoms with E-state index in [1.54, 1.807) is 0 Å². The summed E-state index contributed by atoms with van der Waals surface area (Å²) in [5, 5.41) is 0.951. The molecule has 2 fully saturated rings. The summed E-state index contributed by atoms with van der Waals surface area (Å²) < 4.78 is 0. The van der Waals surface area contributed by atoms with Crippen molar-refractivity contribution < 1.29 is 14.4 Å². The minimum absolute atomic E-state index is 0.151. The van der Waals surface area contributed by atoms with Crippen LogP contribution in [0.25, 0.3) is 0 Å². The molecule has 1 saturated carbocycles. The van der Waals surface area contributed by atoms with Gasteiger partial charge in [0.05, 0.1) is 18.3 Å². The van der Waals surface area contributed by atoms with Crippen LogP contribution >= 0.6 is 0 Å². The first-order valence-electron chi connectivity index (χ1n) is 7.54. The predicted molar refractivity (Wildman–Crippen MR) is 77.9 cm³/mol. The Morgan fingerprint density at radius 2 is 1.64 bits per heavy atom. The largest absolute Gasteiger partial charge is 0.273 e. The normalized spacial score (nSPS) is 31.7. The van der Waals surface area contributed by atoms with Crippen LogP contribution < -0.4 is 5.43 Å². The number of carbonyl (C=O) groups is 3. The number of hydrazine groups is 1. The fourth-order valence-electron chi connectivity index (χ4n) is 3.96. The van der Waals surface area contributed by atoms with E-state index in [2.05, 4.69) is 5.43 Å². The molecule has 3 aliphatic rings. The number of nitrogens with one attached hydrogen (secondary N) is 1. The molecule has 22 heavy (non-hydrogen) atoms. The maximum absolute atomic E-state index is 12.4. The smallest absolute Gasteiger partial charge is 0.252 e. The standard InChI is InChI=1S/C17H16N2O3/c20-13(8-10-4-2-1-3-5-10)18-19-16(21)14-11-6-7-12(9-11)15(14)17(19)22/h1-7,11-12,14-15H,8-9H2,(H,18,20)/t11-,12-,14-,15-/m0/s1. The van der Waals surface area contributed by atoms with Crippen LogP contribution in [0.15, 0.2) is 42.5 Å². The van der Waals surface area contributed by atoms with Gasteiger partial charge in [-0.25, -0.2) is 0 Å². The third kappa shape index (κ3) is 1.89. The molecule has 5 heteroatoms. The van der Waals surface area contributed by atoms with Crippen molar-refractivity contribution in [2.24, 2.45) is 23.7 Å². The van der Waals surface area contributed by atoms with Crippen molar-refractivity contribution in [2.45, 2.75) is 12.8 Å². The Hall–Kier alpha value is -2.43. The third-order valence-corrected chi connectivity index (χ3v) is 4.91. The van der Waals surface area contributed by atoms with Crippen molar-refractivity contribution in [2.75, 3.05) is 0 Å². The first-order valence-corrected chi connectivity index (χ1v) is 7.54. The van der Waals surface area contributed by atoms with Crippen LogP contribution in [0, 0.1) is 23.7 Å². The van der Waals surface area contributed by atoms with Gasteiger partial charge in [-0.05, 0) is 23.8 Å². The van der Waals surface area contributed by atoms with Gasteiger partial charge in [-0.1, -0.05) is 42.5 Å². The van der Waals surface area contributed by atoms with E-state index in [4.69, 9.17) is 0 Å². The molecule has 2 aliphatic carbocycles. The number of imide groups is 1. The fraction of sp³-hybridized carbons (Fsp3) is 0.353. The number of benzene rings is 1. The molecule has 112 valence electrons. The number of hydrogen-bond donors (Lipinski definition) is 1. The number of hydrogen-bond acceptors (Lipinski definition) is 3. The molecule has 1 aliphatic heterocycles. The van der Waals surface area contributed by atoms with E-state index in [-0.39, 0.29) is 47.8 Å². The van der Waals surface area contributed by atoms with Crippen LogP contribution in [0.1, 0.15) is 12.0 Å². The molecule has 0 spiro atoms. The lowest BCUT2D eigenvalue weighted by Gasteiger charge is -2.17. The Morgan fingerprint density at radius 1 is 1.05 bits per heavy atom. The molecular formula is C17H16N2O3. The molecule has 5 nitrogen and oxygen atoms in total. The zero-order chi connectivity index (χ0) is 15.3. The lowest BCUT2D eigenvalue weighted by atomic mass is 9.85. The predicted octanol–water partition coefficient (Wildman–Crippen LogP) is 1.07. The van der Waals surface area contributed by atoms with Gasteiger partial charge in [-0.2, -0.15) is 5.01 Å². The molecule has 4 rings (SSSR count). The first kappa shape index (κ1) is 13.2. The number of fused-ring (bicyclic) bond motifs is 5. The SMILES string of the molecule is O=C(Cc1ccccc1)NN1C(=O)[C@@H]2[C@@H](C1=O)[C@H]1C=C[C@H]2C1. The zero-order valence-corrected chi connectivity index (χ0v) is 11.9. The van der Waals surface area contributed by atoms with Crippen molar-refractivity contribution in [1.82, 2.24) is 10.4 Å². The Bertz CT molecular complexity index is 652. The van der Waals surface area contributed by atoms with Crippen molar-refractivity contribution in [3.8, 4) is 0 Å². The third-order valence-electron chi connectivity index (χ3n) is 4.91. The highest BCUT2D eigenvalue weighted by Crippen LogP contribution is 2.52. The average molecular weight is 296 g/mol. The summed E-state index contributed by atoms with van der Waals surface area (Å²) in [5.41, 5.74) is 3.34. The van der Waals surface area contributed by atoms with E-state index >= 15 is 0 Å². The molecular weight excluding hydrogens is 280 g/mol. The highest BCUT2D eigenvalue weighted by atomic mass is 16.2. The minimum atomic E-state index is -0.340. The highest BCUT2D eigenvalue weighted by molar-refractivity contribution is 6.07. The van der Waals surface area contributed by atoms with Crippen LogP contribution in [0.4, 0.5) is 0 Å². The number of rotatable bonds is 3. The highest BCUT2D eigenvalue weighted by Gasteiger charge is 2.59. The Balaban J connectivity index is 1.47. The van der Waals surface area contributed by atoms with E-state index in [0.29, 0.717) is 0 Å². The molecule has 3 amide bonds. The van der Waals surface area contributed by atoms with Gasteiger partial charge in [0.1, 0.15) is 0 Å². The molecule has 4 atom stereocenters. The van der Waals surface area contributed by atoms with Crippen LogP contribution in [-0.4, -0.2) is 22.7 Å². The second kappa shape index (κ2) is 4.80. The Kier molecular flexibility index (Phi) is 2.89. The molecule has 0 unspecified atom stereocenters. The van der Waals surface area contributed by atoms with Crippen LogP contribution in [0.5, 0.6) is 0 Å². The molecule has 1 heterocycles. The first-order chi connectivity index (χ1) is 10.6. The lowest BCUT2D eigenvalue weighted by molar-refractivity contribution is -0.149. The van der Waals surface area contributed by atoms with Crippen LogP contribution in [0.3, 0.4) is 0 Å². The van der Waals surface area contributed by atoms with Gasteiger partial charge in [0.2, 0.25) is 5.91 Å². The molecule has 2 bridgehead atoms. The van der Waals surface area contributed by atoms with Crippen molar-refractivity contribution in [3.63, 3.8) is 0 Å². The number of allylic oxidation sites excluding steroid dienone is 2. The summed E-state index contributed by atoms with van der Waals surface area (Å²) in [6, 6.07) is 9.25. The van der Waals surface area contributed by atoms with Crippen molar-refractivity contribution in [3.05, 3.63) is 48.0 Å². The molecule has 1 N–H and O–H groups in total. The van der Waals surface area contributed by atoms with Gasteiger partial charge in [-0.15, -0.1) is 0 Å². The summed E-state index contributed by atoms with van der Waals surface area (Å²) >= 11 is 0. The number of nitrogens with zero attached hydrogens (tertiary/aromatic N) is 1. The average Bonchev–Trinajstić information content (AvgIpc) is 3.18. The monoisotopic (exact) mass is 296 g/mol. The van der Waals surface area contributed by atoms with Crippen molar-refractivity contribution >= 4 is 17.7 Å². The Labute approximate surface area is 128 Å². The molecule has 1 aromatic rings. The second-order valence-electron chi connectivity index (χ2n) is 6.21. The quantitative estimate of drug-likeness (QED) is 0.670. The number of amides is 3. The zero-order valence-electron chi connectivity index (χ0n) is 11.9. The Morgan fingerprint density at radius 3 is 2.23 bits per heavy atom. The lowest BCUT2D eigenvalue weighted by Crippen LogP contribution is -2.47. The molecule has 1 saturated heterocycles. The van der Waals surface area contributed by atoms with Gasteiger partial charge in [0, 0.05) is 0 Å². The summed E-state index contributed by atoms with van der Waals surface area (Å²) in [6.07, 6.45) is 5.11. The fourth-order valence-corrected chi connectivity index (χ4v) is 3.96. The molecule has 0 radical (unpaired) electrons. The summed E-state index contributed by atoms with van der Waals surface area (Å²) in [4.78, 5) is 36.9. The molecule has 0 aromatic heterocycles. The van der Waals surface area contributed by atoms with Gasteiger partial charge in [-0.3, -0.25) is 19.8 Å². The number of carbonyl (C=O) groups excluding carboxylic acids is 3. The van der Waals surface area contributed by atoms with Crippen LogP contribution in [0.2, 0.25) is 0 Å². The van der Waals surface area contributed by atoms with E-state index in [9.17, 15) is 14.4 Å². The van der Waals surface area contributed by atoms with E-state index < -0.39 is 0 Å². The van der Waals surface area contributed by atoms with Gasteiger partial charge >= 0.3 is 0 Å². The van der Waals surface area contributed by atoms with E-state index in [1.807, 2.05) is 42.5 Å². The van der Waals surface area contributed by atoms with Gasteiger partial charge in [0.25, 0.3) is 11.8 Å². The topological polar surface area (TPSA) is 66.5 Å². The van der Waals surface area contributed by atoms with E-state index in [0.717, 1.165) is 17.0 Å². The van der Waals surface area contributed by atoms with Crippen LogP contribution in [-0.2, 0) is 20.8 Å². The second-order valence-corrected chi connectivity index (χ2v) is 6.21. The summed E-state index contributed by atoms with van der Waals surface area (Å²) in [5.74, 6) is -1.10. The van der Waals surface area contributed by atoms with Gasteiger partial charge in [0.15, 0.2) is 0 Å². The summed E-state index contributed by atoms with van der Waals surface area (Å²) in [6.45, 7) is 0. The maximum atomic E-state index is 12.4. The van der Waals surface area contributed by atoms with Gasteiger partial charge < -0.3 is 0 Å². The summed E-state index contributed by atoms with van der Waals surface area (Å²) in [7, 11) is 0.